The van der Waals surface area contributed by atoms with Gasteiger partial charge >= 0.3 is 5.97 Å². The lowest BCUT2D eigenvalue weighted by Gasteiger charge is -1.95. The van der Waals surface area contributed by atoms with Crippen LogP contribution in [0.2, 0.25) is 0 Å². The van der Waals surface area contributed by atoms with Crippen LogP contribution < -0.4 is 4.72 Å². The van der Waals surface area contributed by atoms with Crippen molar-refractivity contribution in [3.05, 3.63) is 35.9 Å². The second-order valence-electron chi connectivity index (χ2n) is 2.60. The van der Waals surface area contributed by atoms with Crippen molar-refractivity contribution in [2.45, 2.75) is 4.90 Å². The molecular formula is C9H7NO2S. The minimum atomic E-state index is -0.931. The number of carboxylic acids is 1. The highest BCUT2D eigenvalue weighted by Gasteiger charge is 2.16. The highest BCUT2D eigenvalue weighted by Crippen LogP contribution is 2.33. The minimum absolute atomic E-state index is 0.660. The number of rotatable bonds is 1. The molecule has 0 radical (unpaired) electrons. The van der Waals surface area contributed by atoms with Crippen LogP contribution in [0.4, 0.5) is 0 Å². The molecule has 2 N–H and O–H groups in total. The van der Waals surface area contributed by atoms with E-state index < -0.39 is 5.97 Å². The Kier molecular flexibility index (Phi) is 1.98. The summed E-state index contributed by atoms with van der Waals surface area (Å²) in [4.78, 5) is 11.5. The van der Waals surface area contributed by atoms with Gasteiger partial charge in [-0.1, -0.05) is 18.2 Å². The first-order chi connectivity index (χ1) is 6.27. The van der Waals surface area contributed by atoms with E-state index in [1.54, 1.807) is 0 Å². The largest absolute Gasteiger partial charge is 0.478 e. The molecule has 0 unspecified atom stereocenters. The first-order valence-electron chi connectivity index (χ1n) is 3.74. The maximum atomic E-state index is 10.4. The zero-order valence-corrected chi connectivity index (χ0v) is 7.47. The average molecular weight is 193 g/mol. The molecule has 0 amide bonds. The molecule has 1 heterocycles. The van der Waals surface area contributed by atoms with E-state index in [1.807, 2.05) is 24.3 Å². The number of aliphatic carboxylic acids is 1. The van der Waals surface area contributed by atoms with Crippen LogP contribution in [0, 0.1) is 0 Å². The zero-order chi connectivity index (χ0) is 9.26. The molecule has 3 nitrogen and oxygen atoms in total. The minimum Gasteiger partial charge on any atom is -0.478 e. The van der Waals surface area contributed by atoms with E-state index in [-0.39, 0.29) is 0 Å². The molecule has 0 saturated carbocycles. The molecule has 66 valence electrons. The summed E-state index contributed by atoms with van der Waals surface area (Å²) < 4.78 is 2.95. The van der Waals surface area contributed by atoms with Crippen LogP contribution in [0.25, 0.3) is 5.70 Å². The Balaban J connectivity index is 2.44. The van der Waals surface area contributed by atoms with Crippen LogP contribution in [0.5, 0.6) is 0 Å². The van der Waals surface area contributed by atoms with Crippen molar-refractivity contribution in [2.24, 2.45) is 0 Å². The Labute approximate surface area is 79.6 Å². The summed E-state index contributed by atoms with van der Waals surface area (Å²) in [5.74, 6) is -0.931. The van der Waals surface area contributed by atoms with Gasteiger partial charge in [-0.2, -0.15) is 0 Å². The van der Waals surface area contributed by atoms with Gasteiger partial charge in [0, 0.05) is 16.5 Å². The molecule has 0 atom stereocenters. The molecule has 1 aliphatic heterocycles. The lowest BCUT2D eigenvalue weighted by Crippen LogP contribution is -1.98. The molecule has 2 rings (SSSR count). The van der Waals surface area contributed by atoms with Gasteiger partial charge in [0.05, 0.1) is 5.70 Å². The molecule has 1 aromatic carbocycles. The van der Waals surface area contributed by atoms with Gasteiger partial charge in [0.25, 0.3) is 0 Å². The number of carbonyl (C=O) groups is 1. The molecule has 0 saturated heterocycles. The topological polar surface area (TPSA) is 49.3 Å². The predicted octanol–water partition coefficient (Wildman–Crippen LogP) is 1.72. The van der Waals surface area contributed by atoms with Crippen LogP contribution in [0.15, 0.2) is 35.2 Å². The van der Waals surface area contributed by atoms with Gasteiger partial charge in [-0.05, 0) is 18.0 Å². The smallest absolute Gasteiger partial charge is 0.330 e. The monoisotopic (exact) mass is 193 g/mol. The van der Waals surface area contributed by atoms with Crippen molar-refractivity contribution in [1.29, 1.82) is 0 Å². The third-order valence-corrected chi connectivity index (χ3v) is 2.61. The van der Waals surface area contributed by atoms with Gasteiger partial charge < -0.3 is 9.83 Å². The lowest BCUT2D eigenvalue weighted by atomic mass is 10.1. The van der Waals surface area contributed by atoms with Gasteiger partial charge in [-0.3, -0.25) is 0 Å². The summed E-state index contributed by atoms with van der Waals surface area (Å²) in [6.45, 7) is 0. The van der Waals surface area contributed by atoms with Gasteiger partial charge in [0.1, 0.15) is 0 Å². The van der Waals surface area contributed by atoms with E-state index in [1.165, 1.54) is 18.0 Å². The normalized spacial score (nSPS) is 16.8. The third-order valence-electron chi connectivity index (χ3n) is 1.72. The average Bonchev–Trinajstić information content (AvgIpc) is 2.48. The summed E-state index contributed by atoms with van der Waals surface area (Å²) in [6.07, 6.45) is 1.18. The molecular weight excluding hydrogens is 186 g/mol. The van der Waals surface area contributed by atoms with Crippen molar-refractivity contribution < 1.29 is 9.90 Å². The Morgan fingerprint density at radius 2 is 2.23 bits per heavy atom. The zero-order valence-electron chi connectivity index (χ0n) is 6.65. The summed E-state index contributed by atoms with van der Waals surface area (Å²) in [5, 5.41) is 8.57. The fourth-order valence-corrected chi connectivity index (χ4v) is 2.00. The van der Waals surface area contributed by atoms with Crippen LogP contribution in [0.1, 0.15) is 5.56 Å². The maximum Gasteiger partial charge on any atom is 0.330 e. The summed E-state index contributed by atoms with van der Waals surface area (Å²) >= 11 is 1.44. The van der Waals surface area contributed by atoms with Gasteiger partial charge in [-0.15, -0.1) is 0 Å². The quantitative estimate of drug-likeness (QED) is 0.526. The van der Waals surface area contributed by atoms with Crippen LogP contribution in [-0.4, -0.2) is 11.1 Å². The van der Waals surface area contributed by atoms with E-state index in [0.29, 0.717) is 5.70 Å². The van der Waals surface area contributed by atoms with E-state index in [0.717, 1.165) is 10.5 Å². The van der Waals surface area contributed by atoms with Crippen molar-refractivity contribution in [2.75, 3.05) is 0 Å². The summed E-state index contributed by atoms with van der Waals surface area (Å²) in [6, 6.07) is 7.67. The number of hydrogen-bond acceptors (Lipinski definition) is 3. The Morgan fingerprint density at radius 1 is 1.46 bits per heavy atom. The molecule has 0 spiro atoms. The van der Waals surface area contributed by atoms with Gasteiger partial charge in [0.15, 0.2) is 0 Å². The molecule has 13 heavy (non-hydrogen) atoms. The molecule has 0 bridgehead atoms. The number of carboxylic acid groups (broad SMARTS) is 1. The molecule has 4 heteroatoms. The lowest BCUT2D eigenvalue weighted by molar-refractivity contribution is -0.131. The maximum absolute atomic E-state index is 10.4. The standard InChI is InChI=1S/C9H7NO2S/c11-9(12)5-7-6-3-1-2-4-8(6)13-10-7/h1-5,10H,(H,11,12)/b7-5-. The highest BCUT2D eigenvalue weighted by molar-refractivity contribution is 7.98. The van der Waals surface area contributed by atoms with Crippen LogP contribution >= 0.6 is 11.9 Å². The highest BCUT2D eigenvalue weighted by atomic mass is 32.2. The van der Waals surface area contributed by atoms with Gasteiger partial charge in [-0.25, -0.2) is 4.79 Å². The molecule has 1 aromatic rings. The van der Waals surface area contributed by atoms with Crippen molar-refractivity contribution >= 4 is 23.6 Å². The Hall–Kier alpha value is -1.42. The first-order valence-corrected chi connectivity index (χ1v) is 4.56. The van der Waals surface area contributed by atoms with E-state index in [4.69, 9.17) is 5.11 Å². The fourth-order valence-electron chi connectivity index (χ4n) is 1.17. The second-order valence-corrected chi connectivity index (χ2v) is 3.44. The fraction of sp³-hybridized carbons (Fsp3) is 0. The molecule has 1 aliphatic rings. The molecule has 0 aromatic heterocycles. The van der Waals surface area contributed by atoms with Crippen molar-refractivity contribution in [3.8, 4) is 0 Å². The summed E-state index contributed by atoms with van der Waals surface area (Å²) in [5.41, 5.74) is 1.61. The number of nitrogens with one attached hydrogen (secondary N) is 1. The molecule has 0 fully saturated rings. The Bertz CT molecular complexity index is 387. The first kappa shape index (κ1) is 8.19. The SMILES string of the molecule is O=C(O)/C=C1\NSc2ccccc21. The van der Waals surface area contributed by atoms with E-state index in [2.05, 4.69) is 4.72 Å². The van der Waals surface area contributed by atoms with E-state index in [9.17, 15) is 4.79 Å². The Morgan fingerprint density at radius 3 is 3.00 bits per heavy atom. The number of hydrogen-bond donors (Lipinski definition) is 2. The van der Waals surface area contributed by atoms with Crippen LogP contribution in [0.3, 0.4) is 0 Å². The third kappa shape index (κ3) is 1.53. The number of benzene rings is 1. The molecule has 0 aliphatic carbocycles. The van der Waals surface area contributed by atoms with E-state index >= 15 is 0 Å². The van der Waals surface area contributed by atoms with Gasteiger partial charge in [0.2, 0.25) is 0 Å². The number of fused-ring (bicyclic) bond motifs is 1. The van der Waals surface area contributed by atoms with Crippen molar-refractivity contribution in [3.63, 3.8) is 0 Å². The second kappa shape index (κ2) is 3.14. The summed E-state index contributed by atoms with van der Waals surface area (Å²) in [7, 11) is 0. The van der Waals surface area contributed by atoms with Crippen LogP contribution in [-0.2, 0) is 4.79 Å². The van der Waals surface area contributed by atoms with Crippen molar-refractivity contribution in [1.82, 2.24) is 4.72 Å². The predicted molar refractivity (Wildman–Crippen MR) is 51.0 cm³/mol.